The summed E-state index contributed by atoms with van der Waals surface area (Å²) in [5.41, 5.74) is 3.71. The minimum absolute atomic E-state index is 0.170. The molecule has 1 fully saturated rings. The molecule has 2 aliphatic rings. The quantitative estimate of drug-likeness (QED) is 0.842. The van der Waals surface area contributed by atoms with Crippen molar-refractivity contribution in [3.63, 3.8) is 0 Å². The Labute approximate surface area is 143 Å². The van der Waals surface area contributed by atoms with Gasteiger partial charge in [-0.25, -0.2) is 8.42 Å². The van der Waals surface area contributed by atoms with E-state index >= 15 is 0 Å². The van der Waals surface area contributed by atoms with Crippen LogP contribution in [0.25, 0.3) is 0 Å². The number of sulfonamides is 1. The predicted molar refractivity (Wildman–Crippen MR) is 94.4 cm³/mol. The molecule has 1 unspecified atom stereocenters. The zero-order chi connectivity index (χ0) is 16.7. The van der Waals surface area contributed by atoms with E-state index < -0.39 is 10.0 Å². The zero-order valence-electron chi connectivity index (χ0n) is 13.9. The predicted octanol–water partition coefficient (Wildman–Crippen LogP) is 2.60. The topological polar surface area (TPSA) is 40.6 Å². The van der Waals surface area contributed by atoms with Gasteiger partial charge in [0.2, 0.25) is 10.0 Å². The van der Waals surface area contributed by atoms with Gasteiger partial charge in [-0.15, -0.1) is 0 Å². The number of hydrogen-bond donors (Lipinski definition) is 0. The number of aryl methyl sites for hydroxylation is 1. The summed E-state index contributed by atoms with van der Waals surface area (Å²) in [6.07, 6.45) is 1.05. The number of hydrogen-bond acceptors (Lipinski definition) is 3. The highest BCUT2D eigenvalue weighted by atomic mass is 32.2. The van der Waals surface area contributed by atoms with Crippen molar-refractivity contribution in [1.82, 2.24) is 9.21 Å². The summed E-state index contributed by atoms with van der Waals surface area (Å²) < 4.78 is 27.6. The minimum atomic E-state index is -3.43. The molecule has 4 rings (SSSR count). The number of piperazine rings is 1. The maximum absolute atomic E-state index is 13.0. The highest BCUT2D eigenvalue weighted by Gasteiger charge is 2.37. The van der Waals surface area contributed by atoms with Gasteiger partial charge in [0, 0.05) is 32.2 Å². The van der Waals surface area contributed by atoms with Crippen molar-refractivity contribution in [2.75, 3.05) is 26.2 Å². The molecule has 2 aliphatic heterocycles. The first kappa shape index (κ1) is 15.8. The Bertz CT molecular complexity index is 846. The van der Waals surface area contributed by atoms with E-state index in [-0.39, 0.29) is 6.04 Å². The van der Waals surface area contributed by atoms with Gasteiger partial charge in [0.05, 0.1) is 4.90 Å². The molecule has 2 aromatic carbocycles. The van der Waals surface area contributed by atoms with Crippen LogP contribution in [0.3, 0.4) is 0 Å². The molecule has 1 atom stereocenters. The van der Waals surface area contributed by atoms with E-state index in [2.05, 4.69) is 29.2 Å². The fourth-order valence-corrected chi connectivity index (χ4v) is 5.22. The van der Waals surface area contributed by atoms with E-state index in [1.807, 2.05) is 19.1 Å². The molecule has 0 N–H and O–H groups in total. The molecular weight excluding hydrogens is 320 g/mol. The molecule has 0 spiro atoms. The highest BCUT2D eigenvalue weighted by molar-refractivity contribution is 7.89. The Morgan fingerprint density at radius 1 is 0.958 bits per heavy atom. The maximum Gasteiger partial charge on any atom is 0.243 e. The largest absolute Gasteiger partial charge is 0.293 e. The van der Waals surface area contributed by atoms with Gasteiger partial charge < -0.3 is 0 Å². The van der Waals surface area contributed by atoms with Gasteiger partial charge in [0.15, 0.2) is 0 Å². The molecular formula is C19H22N2O2S. The molecule has 0 bridgehead atoms. The van der Waals surface area contributed by atoms with Crippen molar-refractivity contribution >= 4 is 10.0 Å². The summed E-state index contributed by atoms with van der Waals surface area (Å²) in [5, 5.41) is 0. The first-order valence-electron chi connectivity index (χ1n) is 8.44. The fraction of sp³-hybridized carbons (Fsp3) is 0.368. The lowest BCUT2D eigenvalue weighted by molar-refractivity contribution is 0.109. The van der Waals surface area contributed by atoms with Gasteiger partial charge in [-0.3, -0.25) is 4.90 Å². The molecule has 0 aliphatic carbocycles. The zero-order valence-corrected chi connectivity index (χ0v) is 14.7. The van der Waals surface area contributed by atoms with Crippen LogP contribution < -0.4 is 0 Å². The van der Waals surface area contributed by atoms with Crippen LogP contribution in [0.4, 0.5) is 0 Å². The third kappa shape index (κ3) is 2.66. The summed E-state index contributed by atoms with van der Waals surface area (Å²) in [7, 11) is -3.43. The smallest absolute Gasteiger partial charge is 0.243 e. The molecule has 5 heteroatoms. The van der Waals surface area contributed by atoms with Crippen LogP contribution in [-0.4, -0.2) is 43.8 Å². The highest BCUT2D eigenvalue weighted by Crippen LogP contribution is 2.34. The van der Waals surface area contributed by atoms with Crippen molar-refractivity contribution < 1.29 is 8.42 Å². The first-order chi connectivity index (χ1) is 11.6. The molecule has 0 radical (unpaired) electrons. The van der Waals surface area contributed by atoms with Crippen molar-refractivity contribution in [3.8, 4) is 0 Å². The lowest BCUT2D eigenvalue weighted by Crippen LogP contribution is -2.52. The molecule has 2 heterocycles. The molecule has 2 aromatic rings. The monoisotopic (exact) mass is 342 g/mol. The van der Waals surface area contributed by atoms with Crippen molar-refractivity contribution in [3.05, 3.63) is 65.2 Å². The Hall–Kier alpha value is -1.69. The van der Waals surface area contributed by atoms with Gasteiger partial charge >= 0.3 is 0 Å². The Balaban J connectivity index is 1.64. The van der Waals surface area contributed by atoms with Gasteiger partial charge in [-0.2, -0.15) is 4.31 Å². The third-order valence-corrected chi connectivity index (χ3v) is 7.07. The van der Waals surface area contributed by atoms with E-state index in [1.54, 1.807) is 16.4 Å². The molecule has 0 saturated carbocycles. The number of fused-ring (bicyclic) bond motifs is 3. The van der Waals surface area contributed by atoms with E-state index in [4.69, 9.17) is 0 Å². The van der Waals surface area contributed by atoms with Gasteiger partial charge in [-0.05, 0) is 36.6 Å². The second kappa shape index (κ2) is 5.99. The Morgan fingerprint density at radius 2 is 1.71 bits per heavy atom. The normalized spacial score (nSPS) is 22.0. The van der Waals surface area contributed by atoms with Gasteiger partial charge in [0.25, 0.3) is 0 Å². The van der Waals surface area contributed by atoms with Crippen molar-refractivity contribution in [2.45, 2.75) is 24.3 Å². The van der Waals surface area contributed by atoms with Crippen LogP contribution in [0.2, 0.25) is 0 Å². The lowest BCUT2D eigenvalue weighted by atomic mass is 9.91. The fourth-order valence-electron chi connectivity index (χ4n) is 3.79. The van der Waals surface area contributed by atoms with Crippen LogP contribution in [0.1, 0.15) is 22.7 Å². The van der Waals surface area contributed by atoms with E-state index in [1.165, 1.54) is 11.1 Å². The van der Waals surface area contributed by atoms with Crippen molar-refractivity contribution in [2.24, 2.45) is 0 Å². The SMILES string of the molecule is Cc1ccc(S(=O)(=O)N2CCN3CCc4ccccc4C3C2)cc1. The summed E-state index contributed by atoms with van der Waals surface area (Å²) in [6, 6.07) is 15.8. The van der Waals surface area contributed by atoms with Crippen LogP contribution in [0, 0.1) is 6.92 Å². The second-order valence-corrected chi connectivity index (χ2v) is 8.61. The minimum Gasteiger partial charge on any atom is -0.293 e. The van der Waals surface area contributed by atoms with E-state index in [0.29, 0.717) is 18.0 Å². The lowest BCUT2D eigenvalue weighted by Gasteiger charge is -2.44. The van der Waals surface area contributed by atoms with Crippen LogP contribution in [0.5, 0.6) is 0 Å². The standard InChI is InChI=1S/C19H22N2O2S/c1-15-6-8-17(9-7-15)24(22,23)21-13-12-20-11-10-16-4-2-3-5-18(16)19(20)14-21/h2-9,19H,10-14H2,1H3. The third-order valence-electron chi connectivity index (χ3n) is 5.20. The summed E-state index contributed by atoms with van der Waals surface area (Å²) in [5.74, 6) is 0. The maximum atomic E-state index is 13.0. The van der Waals surface area contributed by atoms with E-state index in [9.17, 15) is 8.42 Å². The van der Waals surface area contributed by atoms with E-state index in [0.717, 1.165) is 25.1 Å². The summed E-state index contributed by atoms with van der Waals surface area (Å²) >= 11 is 0. The van der Waals surface area contributed by atoms with Gasteiger partial charge in [-0.1, -0.05) is 42.0 Å². The summed E-state index contributed by atoms with van der Waals surface area (Å²) in [4.78, 5) is 2.81. The van der Waals surface area contributed by atoms with Crippen LogP contribution >= 0.6 is 0 Å². The Kier molecular flexibility index (Phi) is 3.95. The molecule has 126 valence electrons. The number of benzene rings is 2. The Morgan fingerprint density at radius 3 is 2.50 bits per heavy atom. The number of nitrogens with zero attached hydrogens (tertiary/aromatic N) is 2. The van der Waals surface area contributed by atoms with Crippen molar-refractivity contribution in [1.29, 1.82) is 0 Å². The molecule has 0 amide bonds. The second-order valence-electron chi connectivity index (χ2n) is 6.68. The molecule has 4 nitrogen and oxygen atoms in total. The average Bonchev–Trinajstić information content (AvgIpc) is 2.61. The molecule has 1 saturated heterocycles. The molecule has 24 heavy (non-hydrogen) atoms. The summed E-state index contributed by atoms with van der Waals surface area (Å²) in [6.45, 7) is 4.88. The first-order valence-corrected chi connectivity index (χ1v) is 9.88. The van der Waals surface area contributed by atoms with Crippen LogP contribution in [0.15, 0.2) is 53.4 Å². The average molecular weight is 342 g/mol. The van der Waals surface area contributed by atoms with Gasteiger partial charge in [0.1, 0.15) is 0 Å². The molecule has 0 aromatic heterocycles. The van der Waals surface area contributed by atoms with Crippen LogP contribution in [-0.2, 0) is 16.4 Å². The number of rotatable bonds is 2.